The minimum absolute atomic E-state index is 0.0311. The molecule has 9 nitrogen and oxygen atoms in total. The fraction of sp³-hybridized carbons (Fsp3) is 0.320. The highest BCUT2D eigenvalue weighted by Crippen LogP contribution is 2.31. The number of nitrogens with zero attached hydrogens (tertiary/aromatic N) is 2. The molecule has 12 heteroatoms. The van der Waals surface area contributed by atoms with E-state index in [-0.39, 0.29) is 24.4 Å². The van der Waals surface area contributed by atoms with Crippen molar-refractivity contribution in [3.05, 3.63) is 66.4 Å². The van der Waals surface area contributed by atoms with Crippen LogP contribution in [-0.2, 0) is 15.7 Å². The summed E-state index contributed by atoms with van der Waals surface area (Å²) in [6, 6.07) is 12.4. The fourth-order valence-electron chi connectivity index (χ4n) is 4.37. The van der Waals surface area contributed by atoms with E-state index >= 15 is 0 Å². The maximum Gasteiger partial charge on any atom is 0.416 e. The first-order valence-electron chi connectivity index (χ1n) is 11.5. The maximum absolute atomic E-state index is 12.9. The molecule has 2 amide bonds. The summed E-state index contributed by atoms with van der Waals surface area (Å²) in [6.07, 6.45) is -3.65. The molecule has 194 valence electrons. The third kappa shape index (κ3) is 5.59. The van der Waals surface area contributed by atoms with E-state index in [0.717, 1.165) is 29.1 Å². The third-order valence-electron chi connectivity index (χ3n) is 6.17. The second kappa shape index (κ2) is 10.2. The molecule has 1 aromatic heterocycles. The van der Waals surface area contributed by atoms with Crippen molar-refractivity contribution in [2.75, 3.05) is 31.0 Å². The van der Waals surface area contributed by atoms with Crippen LogP contribution in [0.5, 0.6) is 5.75 Å². The monoisotopic (exact) mass is 515 g/mol. The predicted molar refractivity (Wildman–Crippen MR) is 128 cm³/mol. The Balaban J connectivity index is 1.18. The van der Waals surface area contributed by atoms with Gasteiger partial charge in [0.15, 0.2) is 0 Å². The Bertz CT molecular complexity index is 1260. The second-order valence-corrected chi connectivity index (χ2v) is 8.62. The zero-order chi connectivity index (χ0) is 26.0. The molecule has 5 rings (SSSR count). The number of hydrogen-bond acceptors (Lipinski definition) is 7. The van der Waals surface area contributed by atoms with Crippen molar-refractivity contribution in [1.82, 2.24) is 15.3 Å². The van der Waals surface area contributed by atoms with Crippen LogP contribution in [0, 0.1) is 0 Å². The summed E-state index contributed by atoms with van der Waals surface area (Å²) < 4.78 is 55.7. The van der Waals surface area contributed by atoms with Gasteiger partial charge in [-0.1, -0.05) is 6.07 Å². The Morgan fingerprint density at radius 3 is 2.49 bits per heavy atom. The first kappa shape index (κ1) is 24.8. The highest BCUT2D eigenvalue weighted by atomic mass is 19.4. The van der Waals surface area contributed by atoms with Crippen LogP contribution in [0.25, 0.3) is 11.3 Å². The Morgan fingerprint density at radius 1 is 1.03 bits per heavy atom. The Morgan fingerprint density at radius 2 is 1.76 bits per heavy atom. The van der Waals surface area contributed by atoms with Gasteiger partial charge < -0.3 is 30.2 Å². The second-order valence-electron chi connectivity index (χ2n) is 8.62. The zero-order valence-electron chi connectivity index (χ0n) is 19.7. The van der Waals surface area contributed by atoms with Gasteiger partial charge >= 0.3 is 12.2 Å². The molecule has 0 unspecified atom stereocenters. The van der Waals surface area contributed by atoms with E-state index in [0.29, 0.717) is 12.6 Å². The molecule has 2 aliphatic rings. The van der Waals surface area contributed by atoms with Gasteiger partial charge in [-0.15, -0.1) is 0 Å². The fourth-order valence-corrected chi connectivity index (χ4v) is 4.37. The number of amides is 2. The first-order chi connectivity index (χ1) is 17.8. The molecular weight excluding hydrogens is 491 g/mol. The van der Waals surface area contributed by atoms with Gasteiger partial charge in [-0.25, -0.2) is 14.8 Å². The molecular formula is C25H24F3N5O4. The van der Waals surface area contributed by atoms with E-state index in [1.54, 1.807) is 19.4 Å². The lowest BCUT2D eigenvalue weighted by Gasteiger charge is -2.19. The molecule has 0 bridgehead atoms. The number of alkyl halides is 3. The number of aromatic nitrogens is 2. The molecule has 2 aliphatic heterocycles. The van der Waals surface area contributed by atoms with Gasteiger partial charge in [-0.2, -0.15) is 13.2 Å². The van der Waals surface area contributed by atoms with Gasteiger partial charge in [-0.05, 0) is 48.5 Å². The molecule has 37 heavy (non-hydrogen) atoms. The molecule has 3 aromatic rings. The lowest BCUT2D eigenvalue weighted by Crippen LogP contribution is -2.46. The van der Waals surface area contributed by atoms with E-state index in [2.05, 4.69) is 25.9 Å². The summed E-state index contributed by atoms with van der Waals surface area (Å²) in [4.78, 5) is 21.3. The summed E-state index contributed by atoms with van der Waals surface area (Å²) in [6.45, 7) is 0.495. The average molecular weight is 515 g/mol. The van der Waals surface area contributed by atoms with Crippen molar-refractivity contribution in [1.29, 1.82) is 0 Å². The van der Waals surface area contributed by atoms with Crippen LogP contribution in [0.3, 0.4) is 0 Å². The van der Waals surface area contributed by atoms with E-state index in [9.17, 15) is 18.0 Å². The minimum atomic E-state index is -4.50. The van der Waals surface area contributed by atoms with Gasteiger partial charge in [0.25, 0.3) is 0 Å². The van der Waals surface area contributed by atoms with E-state index in [1.165, 1.54) is 12.1 Å². The van der Waals surface area contributed by atoms with Crippen molar-refractivity contribution in [3.8, 4) is 17.0 Å². The van der Waals surface area contributed by atoms with Crippen molar-refractivity contribution in [2.45, 2.75) is 30.5 Å². The van der Waals surface area contributed by atoms with Crippen molar-refractivity contribution in [3.63, 3.8) is 0 Å². The van der Waals surface area contributed by atoms with Gasteiger partial charge in [0, 0.05) is 17.4 Å². The Kier molecular flexibility index (Phi) is 6.85. The number of rotatable bonds is 6. The largest absolute Gasteiger partial charge is 0.497 e. The predicted octanol–water partition coefficient (Wildman–Crippen LogP) is 3.94. The Labute approximate surface area is 210 Å². The summed E-state index contributed by atoms with van der Waals surface area (Å²) >= 11 is 0. The van der Waals surface area contributed by atoms with Gasteiger partial charge in [-0.3, -0.25) is 0 Å². The van der Waals surface area contributed by atoms with Crippen LogP contribution in [0.15, 0.2) is 60.8 Å². The van der Waals surface area contributed by atoms with Crippen LogP contribution >= 0.6 is 0 Å². The molecule has 0 spiro atoms. The summed E-state index contributed by atoms with van der Waals surface area (Å²) in [5, 5.41) is 8.41. The lowest BCUT2D eigenvalue weighted by atomic mass is 10.1. The molecule has 0 saturated carbocycles. The number of fused-ring (bicyclic) bond motifs is 1. The maximum atomic E-state index is 12.9. The third-order valence-corrected chi connectivity index (χ3v) is 6.17. The number of anilines is 2. The van der Waals surface area contributed by atoms with Crippen LogP contribution in [0.4, 0.5) is 29.6 Å². The van der Waals surface area contributed by atoms with Gasteiger partial charge in [0.05, 0.1) is 43.7 Å². The molecule has 2 fully saturated rings. The van der Waals surface area contributed by atoms with E-state index < -0.39 is 29.9 Å². The summed E-state index contributed by atoms with van der Waals surface area (Å²) in [5.74, 6) is 1.15. The summed E-state index contributed by atoms with van der Waals surface area (Å²) in [7, 11) is 1.60. The normalized spacial score (nSPS) is 22.8. The quantitative estimate of drug-likeness (QED) is 0.457. The standard InChI is InChI=1S/C25H24F3N5O4/c1-35-17-7-5-14(6-8-17)18-9-10-29-23(31-18)32-19-12-36-22-20(13-37-21(19)22)33-24(34)30-16-4-2-3-15(11-16)25(26,27)28/h2-11,19-22H,12-13H2,1H3,(H,29,31,32)(H2,30,33,34)/t19-,20-,21+,22+/m0/s1. The highest BCUT2D eigenvalue weighted by molar-refractivity contribution is 5.89. The molecule has 0 aliphatic carbocycles. The van der Waals surface area contributed by atoms with Crippen LogP contribution in [0.1, 0.15) is 5.56 Å². The number of nitrogens with one attached hydrogen (secondary N) is 3. The number of carbonyl (C=O) groups is 1. The van der Waals surface area contributed by atoms with Gasteiger partial charge in [0.1, 0.15) is 18.0 Å². The topological polar surface area (TPSA) is 107 Å². The summed E-state index contributed by atoms with van der Waals surface area (Å²) in [5.41, 5.74) is 0.818. The number of carbonyl (C=O) groups excluding carboxylic acids is 1. The number of halogens is 3. The van der Waals surface area contributed by atoms with E-state index in [4.69, 9.17) is 14.2 Å². The van der Waals surface area contributed by atoms with Crippen LogP contribution in [0.2, 0.25) is 0 Å². The molecule has 3 heterocycles. The number of ether oxygens (including phenoxy) is 3. The van der Waals surface area contributed by atoms with Crippen molar-refractivity contribution < 1.29 is 32.2 Å². The number of hydrogen-bond donors (Lipinski definition) is 3. The SMILES string of the molecule is COc1ccc(-c2ccnc(N[C@H]3CO[C@H]4[C@@H]3OC[C@@H]4NC(=O)Nc3cccc(C(F)(F)F)c3)n2)cc1. The van der Waals surface area contributed by atoms with Crippen molar-refractivity contribution >= 4 is 17.7 Å². The minimum Gasteiger partial charge on any atom is -0.497 e. The molecule has 0 radical (unpaired) electrons. The van der Waals surface area contributed by atoms with E-state index in [1.807, 2.05) is 24.3 Å². The molecule has 2 saturated heterocycles. The first-order valence-corrected chi connectivity index (χ1v) is 11.5. The molecule has 3 N–H and O–H groups in total. The smallest absolute Gasteiger partial charge is 0.416 e. The number of benzene rings is 2. The van der Waals surface area contributed by atoms with Gasteiger partial charge in [0.2, 0.25) is 5.95 Å². The molecule has 4 atom stereocenters. The van der Waals surface area contributed by atoms with Crippen molar-refractivity contribution in [2.24, 2.45) is 0 Å². The number of urea groups is 1. The highest BCUT2D eigenvalue weighted by Gasteiger charge is 2.48. The lowest BCUT2D eigenvalue weighted by molar-refractivity contribution is -0.137. The Hall–Kier alpha value is -3.90. The van der Waals surface area contributed by atoms with Crippen LogP contribution in [-0.4, -0.2) is 60.6 Å². The van der Waals surface area contributed by atoms with Crippen LogP contribution < -0.4 is 20.7 Å². The average Bonchev–Trinajstić information content (AvgIpc) is 3.47. The zero-order valence-corrected chi connectivity index (χ0v) is 19.7. The molecule has 2 aromatic carbocycles. The number of methoxy groups -OCH3 is 1.